The number of rotatable bonds is 1. The Morgan fingerprint density at radius 1 is 1.67 bits per heavy atom. The van der Waals surface area contributed by atoms with Crippen LogP contribution in [0.5, 0.6) is 0 Å². The van der Waals surface area contributed by atoms with E-state index in [1.165, 1.54) is 0 Å². The Morgan fingerprint density at radius 3 is 2.89 bits per heavy atom. The van der Waals surface area contributed by atoms with Crippen molar-refractivity contribution >= 4 is 5.95 Å². The summed E-state index contributed by atoms with van der Waals surface area (Å²) >= 11 is 0. The van der Waals surface area contributed by atoms with Gasteiger partial charge in [-0.05, 0) is 0 Å². The fourth-order valence-corrected chi connectivity index (χ4v) is 0.463. The fourth-order valence-electron chi connectivity index (χ4n) is 0.463. The summed E-state index contributed by atoms with van der Waals surface area (Å²) in [6.07, 6.45) is 1.57. The minimum atomic E-state index is 0.403. The molecular formula is C4H7N5. The zero-order chi connectivity index (χ0) is 6.69. The zero-order valence-electron chi connectivity index (χ0n) is 5.31. The van der Waals surface area contributed by atoms with Gasteiger partial charge in [0.15, 0.2) is 0 Å². The molecule has 0 aliphatic rings. The van der Waals surface area contributed by atoms with Crippen LogP contribution in [0.4, 0.5) is 5.95 Å². The van der Waals surface area contributed by atoms with Crippen molar-refractivity contribution in [3.05, 3.63) is 6.33 Å². The van der Waals surface area contributed by atoms with Gasteiger partial charge in [-0.1, -0.05) is 0 Å². The Kier molecular flexibility index (Phi) is 1.53. The van der Waals surface area contributed by atoms with Crippen molar-refractivity contribution in [1.82, 2.24) is 14.8 Å². The van der Waals surface area contributed by atoms with Gasteiger partial charge < -0.3 is 0 Å². The predicted molar refractivity (Wildman–Crippen MR) is 31.4 cm³/mol. The van der Waals surface area contributed by atoms with Crippen LogP contribution in [-0.4, -0.2) is 21.8 Å². The van der Waals surface area contributed by atoms with E-state index in [-0.39, 0.29) is 0 Å². The van der Waals surface area contributed by atoms with Crippen molar-refractivity contribution in [1.29, 1.82) is 0 Å². The van der Waals surface area contributed by atoms with Gasteiger partial charge in [-0.3, -0.25) is 4.68 Å². The van der Waals surface area contributed by atoms with Crippen LogP contribution in [0.2, 0.25) is 0 Å². The van der Waals surface area contributed by atoms with E-state index < -0.39 is 0 Å². The van der Waals surface area contributed by atoms with Gasteiger partial charge in [-0.25, -0.2) is 0 Å². The first kappa shape index (κ1) is 5.87. The van der Waals surface area contributed by atoms with Crippen molar-refractivity contribution in [2.24, 2.45) is 17.3 Å². The fraction of sp³-hybridized carbons (Fsp3) is 0.500. The van der Waals surface area contributed by atoms with Gasteiger partial charge in [0, 0.05) is 14.1 Å². The van der Waals surface area contributed by atoms with Crippen molar-refractivity contribution < 1.29 is 0 Å². The van der Waals surface area contributed by atoms with Crippen LogP contribution in [0.15, 0.2) is 16.6 Å². The lowest BCUT2D eigenvalue weighted by Gasteiger charge is -1.77. The molecule has 1 heterocycles. The molecule has 0 radical (unpaired) electrons. The van der Waals surface area contributed by atoms with Gasteiger partial charge in [-0.15, -0.1) is 10.2 Å². The molecule has 1 aromatic rings. The third-order valence-corrected chi connectivity index (χ3v) is 0.777. The van der Waals surface area contributed by atoms with E-state index in [9.17, 15) is 0 Å². The third kappa shape index (κ3) is 1.31. The van der Waals surface area contributed by atoms with Crippen molar-refractivity contribution in [2.45, 2.75) is 0 Å². The number of nitrogens with zero attached hydrogens (tertiary/aromatic N) is 5. The maximum atomic E-state index is 3.85. The predicted octanol–water partition coefficient (Wildman–Crippen LogP) is 0.529. The first-order chi connectivity index (χ1) is 4.33. The summed E-state index contributed by atoms with van der Waals surface area (Å²) < 4.78 is 1.57. The highest BCUT2D eigenvalue weighted by Gasteiger charge is 1.90. The molecular weight excluding hydrogens is 118 g/mol. The van der Waals surface area contributed by atoms with Crippen LogP contribution in [-0.2, 0) is 7.05 Å². The number of aryl methyl sites for hydroxylation is 1. The smallest absolute Gasteiger partial charge is 0.254 e. The summed E-state index contributed by atoms with van der Waals surface area (Å²) in [6, 6.07) is 0. The van der Waals surface area contributed by atoms with E-state index in [1.807, 2.05) is 0 Å². The van der Waals surface area contributed by atoms with Crippen LogP contribution in [0.25, 0.3) is 0 Å². The molecule has 9 heavy (non-hydrogen) atoms. The number of hydrogen-bond donors (Lipinski definition) is 0. The monoisotopic (exact) mass is 125 g/mol. The number of azo groups is 1. The van der Waals surface area contributed by atoms with E-state index in [1.54, 1.807) is 25.1 Å². The topological polar surface area (TPSA) is 55.4 Å². The van der Waals surface area contributed by atoms with Crippen LogP contribution >= 0.6 is 0 Å². The Hall–Kier alpha value is -1.26. The van der Waals surface area contributed by atoms with Crippen molar-refractivity contribution in [3.8, 4) is 0 Å². The van der Waals surface area contributed by atoms with Gasteiger partial charge in [-0.2, -0.15) is 10.1 Å². The molecule has 0 saturated heterocycles. The Bertz CT molecular complexity index is 212. The lowest BCUT2D eigenvalue weighted by Crippen LogP contribution is -1.84. The largest absolute Gasteiger partial charge is 0.286 e. The first-order valence-corrected chi connectivity index (χ1v) is 2.48. The van der Waals surface area contributed by atoms with Crippen LogP contribution < -0.4 is 0 Å². The lowest BCUT2D eigenvalue weighted by molar-refractivity contribution is 0.764. The van der Waals surface area contributed by atoms with Crippen LogP contribution in [0.1, 0.15) is 0 Å². The van der Waals surface area contributed by atoms with Crippen LogP contribution in [0.3, 0.4) is 0 Å². The Morgan fingerprint density at radius 2 is 2.44 bits per heavy atom. The van der Waals surface area contributed by atoms with E-state index in [0.717, 1.165) is 0 Å². The van der Waals surface area contributed by atoms with Gasteiger partial charge in [0.1, 0.15) is 6.33 Å². The second-order valence-electron chi connectivity index (χ2n) is 1.52. The normalized spacial score (nSPS) is 10.9. The summed E-state index contributed by atoms with van der Waals surface area (Å²) in [5.74, 6) is 0.403. The molecule has 1 rings (SSSR count). The second-order valence-corrected chi connectivity index (χ2v) is 1.52. The minimum absolute atomic E-state index is 0.403. The molecule has 0 aliphatic heterocycles. The molecule has 5 nitrogen and oxygen atoms in total. The second kappa shape index (κ2) is 2.34. The molecule has 0 spiro atoms. The van der Waals surface area contributed by atoms with Gasteiger partial charge in [0.2, 0.25) is 0 Å². The minimum Gasteiger partial charge on any atom is -0.254 e. The van der Waals surface area contributed by atoms with Crippen molar-refractivity contribution in [2.75, 3.05) is 7.05 Å². The Labute approximate surface area is 52.4 Å². The highest BCUT2D eigenvalue weighted by molar-refractivity contribution is 5.06. The lowest BCUT2D eigenvalue weighted by atomic mass is 11.1. The molecule has 0 saturated carbocycles. The zero-order valence-corrected chi connectivity index (χ0v) is 5.31. The van der Waals surface area contributed by atoms with Crippen molar-refractivity contribution in [3.63, 3.8) is 0 Å². The molecule has 0 N–H and O–H groups in total. The van der Waals surface area contributed by atoms with Gasteiger partial charge in [0.05, 0.1) is 0 Å². The average Bonchev–Trinajstić information content (AvgIpc) is 2.17. The molecule has 48 valence electrons. The van der Waals surface area contributed by atoms with E-state index in [2.05, 4.69) is 20.3 Å². The average molecular weight is 125 g/mol. The Balaban J connectivity index is 2.85. The molecule has 0 bridgehead atoms. The summed E-state index contributed by atoms with van der Waals surface area (Å²) in [4.78, 5) is 3.80. The highest BCUT2D eigenvalue weighted by Crippen LogP contribution is 1.98. The summed E-state index contributed by atoms with van der Waals surface area (Å²) in [7, 11) is 3.36. The van der Waals surface area contributed by atoms with Gasteiger partial charge >= 0.3 is 0 Å². The molecule has 0 atom stereocenters. The maximum absolute atomic E-state index is 3.85. The molecule has 0 aliphatic carbocycles. The molecule has 0 unspecified atom stereocenters. The molecule has 1 aromatic heterocycles. The molecule has 0 amide bonds. The quantitative estimate of drug-likeness (QED) is 0.514. The van der Waals surface area contributed by atoms with Crippen LogP contribution in [0, 0.1) is 0 Å². The molecule has 0 aromatic carbocycles. The third-order valence-electron chi connectivity index (χ3n) is 0.777. The first-order valence-electron chi connectivity index (χ1n) is 2.48. The number of aromatic nitrogens is 3. The SMILES string of the molecule is CN=Nc1ncn(C)n1. The van der Waals surface area contributed by atoms with E-state index in [0.29, 0.717) is 5.95 Å². The maximum Gasteiger partial charge on any atom is 0.286 e. The van der Waals surface area contributed by atoms with E-state index >= 15 is 0 Å². The standard InChI is InChI=1S/C4H7N5/c1-5-7-4-6-3-9(2)8-4/h3H,1-2H3. The molecule has 0 fully saturated rings. The highest BCUT2D eigenvalue weighted by atomic mass is 15.4. The van der Waals surface area contributed by atoms with E-state index in [4.69, 9.17) is 0 Å². The summed E-state index contributed by atoms with van der Waals surface area (Å²) in [5.41, 5.74) is 0. The summed E-state index contributed by atoms with van der Waals surface area (Å²) in [5, 5.41) is 11.0. The molecule has 5 heteroatoms. The van der Waals surface area contributed by atoms with Gasteiger partial charge in [0.25, 0.3) is 5.95 Å². The number of hydrogen-bond acceptors (Lipinski definition) is 4. The summed E-state index contributed by atoms with van der Waals surface area (Å²) in [6.45, 7) is 0.